The molecule has 5 saturated carbocycles. The van der Waals surface area contributed by atoms with Crippen LogP contribution in [0.5, 0.6) is 0 Å². The van der Waals surface area contributed by atoms with E-state index in [1.54, 1.807) is 5.56 Å². The summed E-state index contributed by atoms with van der Waals surface area (Å²) in [4.78, 5) is 0. The number of rotatable bonds is 3. The van der Waals surface area contributed by atoms with E-state index in [1.807, 2.05) is 0 Å². The molecule has 6 aliphatic carbocycles. The normalized spacial score (nSPS) is 33.7. The Labute approximate surface area is 199 Å². The van der Waals surface area contributed by atoms with Crippen molar-refractivity contribution in [2.75, 3.05) is 0 Å². The molecule has 0 aromatic heterocycles. The molecular weight excluding hydrogens is 396 g/mol. The van der Waals surface area contributed by atoms with Crippen LogP contribution in [0.15, 0.2) is 48.0 Å². The molecule has 170 valence electrons. The molecule has 0 N–H and O–H groups in total. The van der Waals surface area contributed by atoms with Gasteiger partial charge in [-0.15, -0.1) is 0 Å². The minimum Gasteiger partial charge on any atom is -0.0741 e. The molecule has 8 rings (SSSR count). The van der Waals surface area contributed by atoms with E-state index in [4.69, 9.17) is 0 Å². The van der Waals surface area contributed by atoms with Crippen LogP contribution in [-0.4, -0.2) is 0 Å². The van der Waals surface area contributed by atoms with Crippen molar-refractivity contribution in [2.45, 2.75) is 77.0 Å². The first-order chi connectivity index (χ1) is 16.2. The van der Waals surface area contributed by atoms with E-state index in [1.165, 1.54) is 96.9 Å². The number of aryl methyl sites for hydroxylation is 1. The second kappa shape index (κ2) is 8.00. The van der Waals surface area contributed by atoms with Crippen molar-refractivity contribution in [3.05, 3.63) is 69.6 Å². The molecule has 2 aromatic rings. The summed E-state index contributed by atoms with van der Waals surface area (Å²) in [5, 5.41) is 2.95. The van der Waals surface area contributed by atoms with Gasteiger partial charge in [-0.05, 0) is 138 Å². The van der Waals surface area contributed by atoms with Gasteiger partial charge in [-0.3, -0.25) is 0 Å². The van der Waals surface area contributed by atoms with Gasteiger partial charge in [0, 0.05) is 0 Å². The predicted molar refractivity (Wildman–Crippen MR) is 139 cm³/mol. The maximum Gasteiger partial charge on any atom is -0.00966 e. The maximum absolute atomic E-state index is 2.59. The Hall–Kier alpha value is -2.08. The number of allylic oxidation sites excluding steroid dienone is 2. The Morgan fingerprint density at radius 3 is 2.15 bits per heavy atom. The van der Waals surface area contributed by atoms with E-state index in [0.717, 1.165) is 35.5 Å². The Balaban J connectivity index is 1.32. The van der Waals surface area contributed by atoms with Gasteiger partial charge in [0.05, 0.1) is 0 Å². The molecule has 5 fully saturated rings. The van der Waals surface area contributed by atoms with Crippen LogP contribution in [0.3, 0.4) is 0 Å². The zero-order chi connectivity index (χ0) is 21.9. The van der Waals surface area contributed by atoms with E-state index < -0.39 is 0 Å². The van der Waals surface area contributed by atoms with E-state index in [0.29, 0.717) is 0 Å². The first-order valence-electron chi connectivity index (χ1n) is 13.9. The molecule has 2 aromatic carbocycles. The molecule has 0 saturated heterocycles. The molecule has 0 nitrogen and oxygen atoms in total. The molecule has 6 aliphatic rings. The van der Waals surface area contributed by atoms with E-state index >= 15 is 0 Å². The zero-order valence-corrected chi connectivity index (χ0v) is 20.2. The third-order valence-corrected chi connectivity index (χ3v) is 10.0. The van der Waals surface area contributed by atoms with Gasteiger partial charge in [0.1, 0.15) is 0 Å². The van der Waals surface area contributed by atoms with Gasteiger partial charge < -0.3 is 0 Å². The quantitative estimate of drug-likeness (QED) is 0.476. The lowest BCUT2D eigenvalue weighted by Crippen LogP contribution is -2.44. The van der Waals surface area contributed by atoms with Crippen LogP contribution in [-0.2, 0) is 0 Å². The van der Waals surface area contributed by atoms with Crippen molar-refractivity contribution in [3.63, 3.8) is 0 Å². The molecule has 0 atom stereocenters. The van der Waals surface area contributed by atoms with Crippen LogP contribution in [0.4, 0.5) is 0 Å². The molecule has 0 heterocycles. The zero-order valence-electron chi connectivity index (χ0n) is 20.2. The molecule has 33 heavy (non-hydrogen) atoms. The lowest BCUT2D eigenvalue weighted by Gasteiger charge is -2.55. The highest BCUT2D eigenvalue weighted by molar-refractivity contribution is 5.80. The van der Waals surface area contributed by atoms with Crippen molar-refractivity contribution in [1.82, 2.24) is 0 Å². The van der Waals surface area contributed by atoms with E-state index in [2.05, 4.69) is 61.5 Å². The average Bonchev–Trinajstić information content (AvgIpc) is 3.24. The van der Waals surface area contributed by atoms with E-state index in [-0.39, 0.29) is 0 Å². The Morgan fingerprint density at radius 1 is 0.697 bits per heavy atom. The summed E-state index contributed by atoms with van der Waals surface area (Å²) >= 11 is 0. The van der Waals surface area contributed by atoms with Crippen LogP contribution >= 0.6 is 0 Å². The highest BCUT2D eigenvalue weighted by atomic mass is 14.5. The fraction of sp³-hybridized carbons (Fsp3) is 0.515. The van der Waals surface area contributed by atoms with Crippen molar-refractivity contribution < 1.29 is 0 Å². The standard InChI is InChI=1S/C33H38/c1-21-11-12-29(32-20-25(19-31(21)32)13-22-7-3-2-4-8-22)28-9-5-6-10-30(28)33-26-15-23-14-24(17-26)18-27(33)16-23/h5-6,9-13,19-20,22-24,26-27,33H,2-4,7-8,14-18H2,1H3. The van der Waals surface area contributed by atoms with Gasteiger partial charge in [0.15, 0.2) is 0 Å². The second-order valence-corrected chi connectivity index (χ2v) is 12.2. The summed E-state index contributed by atoms with van der Waals surface area (Å²) in [7, 11) is 0. The predicted octanol–water partition coefficient (Wildman–Crippen LogP) is 7.28. The number of benzene rings is 2. The van der Waals surface area contributed by atoms with Gasteiger partial charge in [0.2, 0.25) is 0 Å². The lowest BCUT2D eigenvalue weighted by molar-refractivity contribution is -0.00260. The van der Waals surface area contributed by atoms with Gasteiger partial charge in [-0.1, -0.05) is 61.7 Å². The first-order valence-corrected chi connectivity index (χ1v) is 13.9. The summed E-state index contributed by atoms with van der Waals surface area (Å²) in [5.74, 6) is 5.49. The summed E-state index contributed by atoms with van der Waals surface area (Å²) in [6.07, 6.45) is 22.1. The Bertz CT molecular complexity index is 1190. The number of fused-ring (bicyclic) bond motifs is 1. The summed E-state index contributed by atoms with van der Waals surface area (Å²) in [5.41, 5.74) is 7.54. The molecule has 0 unspecified atom stereocenters. The molecule has 4 bridgehead atoms. The van der Waals surface area contributed by atoms with Gasteiger partial charge in [-0.2, -0.15) is 0 Å². The van der Waals surface area contributed by atoms with Crippen LogP contribution in [0.25, 0.3) is 23.3 Å². The highest BCUT2D eigenvalue weighted by Crippen LogP contribution is 2.60. The summed E-state index contributed by atoms with van der Waals surface area (Å²) in [6, 6.07) is 14.3. The molecule has 0 radical (unpaired) electrons. The van der Waals surface area contributed by atoms with E-state index in [9.17, 15) is 0 Å². The Morgan fingerprint density at radius 2 is 1.39 bits per heavy atom. The largest absolute Gasteiger partial charge is 0.0741 e. The monoisotopic (exact) mass is 434 g/mol. The smallest absolute Gasteiger partial charge is 0.00966 e. The summed E-state index contributed by atoms with van der Waals surface area (Å²) < 4.78 is 0. The Kier molecular flexibility index (Phi) is 4.92. The number of hydrogen-bond donors (Lipinski definition) is 0. The van der Waals surface area contributed by atoms with Crippen LogP contribution in [0.2, 0.25) is 0 Å². The topological polar surface area (TPSA) is 0 Å². The third-order valence-electron chi connectivity index (χ3n) is 10.0. The molecule has 0 heteroatoms. The minimum absolute atomic E-state index is 0.777. The van der Waals surface area contributed by atoms with Gasteiger partial charge >= 0.3 is 0 Å². The average molecular weight is 435 g/mol. The van der Waals surface area contributed by atoms with Crippen molar-refractivity contribution in [1.29, 1.82) is 0 Å². The second-order valence-electron chi connectivity index (χ2n) is 12.2. The first kappa shape index (κ1) is 20.3. The lowest BCUT2D eigenvalue weighted by atomic mass is 9.50. The van der Waals surface area contributed by atoms with Crippen LogP contribution in [0, 0.1) is 36.5 Å². The molecule has 0 spiro atoms. The molecular formula is C33H38. The SMILES string of the molecule is Cc1ccc(-c2ccccc2C2C3CC4CC(C3)CC2C4)c2c1=CC(=CC1CCCCC1)C=2. The number of hydrogen-bond acceptors (Lipinski definition) is 0. The molecule has 0 aliphatic heterocycles. The van der Waals surface area contributed by atoms with Crippen molar-refractivity contribution in [2.24, 2.45) is 29.6 Å². The molecule has 0 amide bonds. The van der Waals surface area contributed by atoms with Gasteiger partial charge in [0.25, 0.3) is 0 Å². The van der Waals surface area contributed by atoms with Crippen molar-refractivity contribution in [3.8, 4) is 11.1 Å². The summed E-state index contributed by atoms with van der Waals surface area (Å²) in [6.45, 7) is 2.29. The van der Waals surface area contributed by atoms with Crippen molar-refractivity contribution >= 4 is 12.2 Å². The maximum atomic E-state index is 2.59. The fourth-order valence-corrected chi connectivity index (χ4v) is 8.84. The fourth-order valence-electron chi connectivity index (χ4n) is 8.84. The highest BCUT2D eigenvalue weighted by Gasteiger charge is 2.49. The third kappa shape index (κ3) is 3.48. The van der Waals surface area contributed by atoms with Crippen LogP contribution < -0.4 is 10.4 Å². The van der Waals surface area contributed by atoms with Crippen LogP contribution in [0.1, 0.15) is 81.3 Å². The minimum atomic E-state index is 0.777. The van der Waals surface area contributed by atoms with Gasteiger partial charge in [-0.25, -0.2) is 0 Å².